The average Bonchev–Trinajstić information content (AvgIpc) is 2.00. The van der Waals surface area contributed by atoms with Crippen LogP contribution in [0.4, 0.5) is 0 Å². The van der Waals surface area contributed by atoms with Crippen molar-refractivity contribution in [3.63, 3.8) is 0 Å². The summed E-state index contributed by atoms with van der Waals surface area (Å²) < 4.78 is 5.05. The molecule has 0 aromatic rings. The minimum Gasteiger partial charge on any atom is -0.465 e. The molecule has 77 valence electrons. The van der Waals surface area contributed by atoms with E-state index in [9.17, 15) is 4.79 Å². The molecule has 13 heavy (non-hydrogen) atoms. The van der Waals surface area contributed by atoms with Gasteiger partial charge in [-0.1, -0.05) is 33.6 Å². The van der Waals surface area contributed by atoms with E-state index in [1.54, 1.807) is 0 Å². The maximum Gasteiger partial charge on any atom is 0.305 e. The maximum absolute atomic E-state index is 11.1. The molecule has 0 amide bonds. The summed E-state index contributed by atoms with van der Waals surface area (Å²) in [5, 5.41) is 0. The molecule has 2 nitrogen and oxygen atoms in total. The van der Waals surface area contributed by atoms with Crippen molar-refractivity contribution in [3.8, 4) is 0 Å². The van der Waals surface area contributed by atoms with Crippen LogP contribution in [0, 0.1) is 12.3 Å². The highest BCUT2D eigenvalue weighted by molar-refractivity contribution is 5.69. The first-order valence-electron chi connectivity index (χ1n) is 4.96. The Hall–Kier alpha value is -0.530. The zero-order valence-electron chi connectivity index (χ0n) is 9.06. The number of hydrogen-bond donors (Lipinski definition) is 0. The van der Waals surface area contributed by atoms with Gasteiger partial charge in [-0.25, -0.2) is 0 Å². The average molecular weight is 185 g/mol. The van der Waals surface area contributed by atoms with E-state index in [1.165, 1.54) is 0 Å². The van der Waals surface area contributed by atoms with Gasteiger partial charge in [0.25, 0.3) is 0 Å². The van der Waals surface area contributed by atoms with Crippen LogP contribution in [-0.4, -0.2) is 12.6 Å². The Bertz CT molecular complexity index is 145. The maximum atomic E-state index is 11.1. The smallest absolute Gasteiger partial charge is 0.305 e. The van der Waals surface area contributed by atoms with Crippen LogP contribution in [0.25, 0.3) is 0 Å². The summed E-state index contributed by atoms with van der Waals surface area (Å²) in [7, 11) is 0. The topological polar surface area (TPSA) is 26.3 Å². The SMILES string of the molecule is [CH2]C(C)(C)COC(=O)CCCCC. The molecule has 0 saturated carbocycles. The fourth-order valence-corrected chi connectivity index (χ4v) is 0.867. The lowest BCUT2D eigenvalue weighted by Crippen LogP contribution is -2.18. The number of rotatable bonds is 6. The van der Waals surface area contributed by atoms with Crippen molar-refractivity contribution in [2.24, 2.45) is 5.41 Å². The van der Waals surface area contributed by atoms with E-state index in [0.717, 1.165) is 19.3 Å². The first-order valence-corrected chi connectivity index (χ1v) is 4.96. The summed E-state index contributed by atoms with van der Waals surface area (Å²) in [6.45, 7) is 10.3. The molecule has 0 heterocycles. The van der Waals surface area contributed by atoms with Crippen LogP contribution < -0.4 is 0 Å². The third-order valence-corrected chi connectivity index (χ3v) is 1.61. The van der Waals surface area contributed by atoms with Gasteiger partial charge in [0.1, 0.15) is 0 Å². The minimum atomic E-state index is -0.166. The Kier molecular flexibility index (Phi) is 5.76. The van der Waals surface area contributed by atoms with Crippen molar-refractivity contribution in [1.82, 2.24) is 0 Å². The van der Waals surface area contributed by atoms with Crippen molar-refractivity contribution < 1.29 is 9.53 Å². The van der Waals surface area contributed by atoms with Crippen LogP contribution in [0.3, 0.4) is 0 Å². The first-order chi connectivity index (χ1) is 5.95. The molecule has 0 rings (SSSR count). The fraction of sp³-hybridized carbons (Fsp3) is 0.818. The molecule has 0 N–H and O–H groups in total. The van der Waals surface area contributed by atoms with Crippen LogP contribution in [-0.2, 0) is 9.53 Å². The highest BCUT2D eigenvalue weighted by atomic mass is 16.5. The van der Waals surface area contributed by atoms with Crippen LogP contribution in [0.1, 0.15) is 46.5 Å². The van der Waals surface area contributed by atoms with Gasteiger partial charge in [0.15, 0.2) is 0 Å². The second kappa shape index (κ2) is 6.01. The van der Waals surface area contributed by atoms with Crippen LogP contribution >= 0.6 is 0 Å². The van der Waals surface area contributed by atoms with Crippen molar-refractivity contribution in [2.45, 2.75) is 46.5 Å². The van der Waals surface area contributed by atoms with Crippen LogP contribution in [0.5, 0.6) is 0 Å². The Morgan fingerprint density at radius 1 is 1.38 bits per heavy atom. The molecule has 0 bridgehead atoms. The van der Waals surface area contributed by atoms with Crippen LogP contribution in [0.2, 0.25) is 0 Å². The Morgan fingerprint density at radius 2 is 2.00 bits per heavy atom. The molecular formula is C11H21O2. The molecule has 0 aliphatic rings. The highest BCUT2D eigenvalue weighted by Crippen LogP contribution is 2.13. The molecule has 2 heteroatoms. The van der Waals surface area contributed by atoms with E-state index in [0.29, 0.717) is 13.0 Å². The van der Waals surface area contributed by atoms with Gasteiger partial charge >= 0.3 is 5.97 Å². The van der Waals surface area contributed by atoms with Crippen LogP contribution in [0.15, 0.2) is 0 Å². The lowest BCUT2D eigenvalue weighted by Gasteiger charge is -2.17. The number of hydrogen-bond acceptors (Lipinski definition) is 2. The van der Waals surface area contributed by atoms with E-state index in [-0.39, 0.29) is 11.4 Å². The molecule has 0 spiro atoms. The summed E-state index contributed by atoms with van der Waals surface area (Å²) in [6, 6.07) is 0. The fourth-order valence-electron chi connectivity index (χ4n) is 0.867. The van der Waals surface area contributed by atoms with E-state index in [4.69, 9.17) is 4.74 Å². The molecule has 0 atom stereocenters. The standard InChI is InChI=1S/C11H21O2/c1-5-6-7-8-10(12)13-9-11(2,3)4/h2,5-9H2,1,3-4H3. The quantitative estimate of drug-likeness (QED) is 0.469. The van der Waals surface area contributed by atoms with Gasteiger partial charge in [0, 0.05) is 6.42 Å². The van der Waals surface area contributed by atoms with Crippen molar-refractivity contribution >= 4 is 5.97 Å². The predicted molar refractivity (Wildman–Crippen MR) is 54.2 cm³/mol. The molecule has 0 fully saturated rings. The van der Waals surface area contributed by atoms with E-state index in [2.05, 4.69) is 13.8 Å². The molecule has 0 aliphatic heterocycles. The third-order valence-electron chi connectivity index (χ3n) is 1.61. The van der Waals surface area contributed by atoms with Gasteiger partial charge in [-0.15, -0.1) is 0 Å². The van der Waals surface area contributed by atoms with Crippen molar-refractivity contribution in [1.29, 1.82) is 0 Å². The summed E-state index contributed by atoms with van der Waals surface area (Å²) in [6.07, 6.45) is 3.72. The van der Waals surface area contributed by atoms with E-state index in [1.807, 2.05) is 13.8 Å². The number of carbonyl (C=O) groups excluding carboxylic acids is 1. The lowest BCUT2D eigenvalue weighted by atomic mass is 9.99. The lowest BCUT2D eigenvalue weighted by molar-refractivity contribution is -0.146. The third kappa shape index (κ3) is 9.38. The molecular weight excluding hydrogens is 164 g/mol. The molecule has 0 aromatic heterocycles. The number of esters is 1. The molecule has 0 saturated heterocycles. The predicted octanol–water partition coefficient (Wildman–Crippen LogP) is 2.97. The van der Waals surface area contributed by atoms with Gasteiger partial charge < -0.3 is 4.74 Å². The molecule has 0 aliphatic carbocycles. The molecule has 1 radical (unpaired) electrons. The Morgan fingerprint density at radius 3 is 2.46 bits per heavy atom. The number of carbonyl (C=O) groups is 1. The van der Waals surface area contributed by atoms with Crippen molar-refractivity contribution in [3.05, 3.63) is 6.92 Å². The second-order valence-corrected chi connectivity index (χ2v) is 4.28. The summed E-state index contributed by atoms with van der Waals surface area (Å²) in [5.74, 6) is -0.0924. The number of ether oxygens (including phenoxy) is 1. The Balaban J connectivity index is 3.41. The van der Waals surface area contributed by atoms with Gasteiger partial charge in [-0.3, -0.25) is 4.79 Å². The minimum absolute atomic E-state index is 0.0924. The molecule has 0 unspecified atom stereocenters. The summed E-state index contributed by atoms with van der Waals surface area (Å²) >= 11 is 0. The summed E-state index contributed by atoms with van der Waals surface area (Å²) in [4.78, 5) is 11.1. The highest BCUT2D eigenvalue weighted by Gasteiger charge is 2.13. The monoisotopic (exact) mass is 185 g/mol. The zero-order valence-corrected chi connectivity index (χ0v) is 9.06. The first kappa shape index (κ1) is 12.5. The summed E-state index contributed by atoms with van der Waals surface area (Å²) in [5.41, 5.74) is -0.166. The molecule has 0 aromatic carbocycles. The van der Waals surface area contributed by atoms with Gasteiger partial charge in [-0.2, -0.15) is 0 Å². The van der Waals surface area contributed by atoms with E-state index < -0.39 is 0 Å². The van der Waals surface area contributed by atoms with Gasteiger partial charge in [0.05, 0.1) is 6.61 Å². The largest absolute Gasteiger partial charge is 0.465 e. The Labute approximate surface area is 81.7 Å². The second-order valence-electron chi connectivity index (χ2n) is 4.28. The van der Waals surface area contributed by atoms with E-state index >= 15 is 0 Å². The number of unbranched alkanes of at least 4 members (excludes halogenated alkanes) is 2. The zero-order chi connectivity index (χ0) is 10.3. The normalized spacial score (nSPS) is 11.4. The van der Waals surface area contributed by atoms with Crippen molar-refractivity contribution in [2.75, 3.05) is 6.61 Å². The van der Waals surface area contributed by atoms with Gasteiger partial charge in [-0.05, 0) is 18.8 Å². The van der Waals surface area contributed by atoms with Gasteiger partial charge in [0.2, 0.25) is 0 Å².